The molecule has 0 saturated carbocycles. The minimum atomic E-state index is -0.349. The van der Waals surface area contributed by atoms with Gasteiger partial charge in [0.15, 0.2) is 11.6 Å². The smallest absolute Gasteiger partial charge is 0.187 e. The van der Waals surface area contributed by atoms with Gasteiger partial charge < -0.3 is 4.74 Å². The van der Waals surface area contributed by atoms with E-state index >= 15 is 0 Å². The van der Waals surface area contributed by atoms with E-state index in [9.17, 15) is 9.59 Å². The Balaban J connectivity index is 1.95. The summed E-state index contributed by atoms with van der Waals surface area (Å²) in [6, 6.07) is 0. The molecule has 44 heavy (non-hydrogen) atoms. The van der Waals surface area contributed by atoms with Crippen molar-refractivity contribution in [2.75, 3.05) is 7.11 Å². The van der Waals surface area contributed by atoms with Gasteiger partial charge in [-0.05, 0) is 87.5 Å². The summed E-state index contributed by atoms with van der Waals surface area (Å²) in [7, 11) is 1.61. The highest BCUT2D eigenvalue weighted by molar-refractivity contribution is 6.00. The normalized spacial score (nSPS) is 22.8. The van der Waals surface area contributed by atoms with Crippen LogP contribution < -0.4 is 0 Å². The lowest BCUT2D eigenvalue weighted by Crippen LogP contribution is -2.37. The number of carbonyl (C=O) groups excluding carboxylic acids is 2. The van der Waals surface area contributed by atoms with Crippen LogP contribution in [-0.4, -0.2) is 24.8 Å². The molecule has 0 aromatic heterocycles. The highest BCUT2D eigenvalue weighted by Crippen LogP contribution is 2.41. The summed E-state index contributed by atoms with van der Waals surface area (Å²) >= 11 is 0. The molecule has 0 fully saturated rings. The molecule has 0 N–H and O–H groups in total. The van der Waals surface area contributed by atoms with Crippen LogP contribution in [-0.2, 0) is 14.3 Å². The van der Waals surface area contributed by atoms with Crippen LogP contribution in [0.5, 0.6) is 0 Å². The van der Waals surface area contributed by atoms with Gasteiger partial charge in [-0.2, -0.15) is 0 Å². The molecule has 2 aliphatic rings. The van der Waals surface area contributed by atoms with Crippen molar-refractivity contribution in [2.45, 2.75) is 94.6 Å². The molecule has 0 aromatic carbocycles. The van der Waals surface area contributed by atoms with Crippen molar-refractivity contribution in [3.63, 3.8) is 0 Å². The Morgan fingerprint density at radius 3 is 1.57 bits per heavy atom. The van der Waals surface area contributed by atoms with E-state index in [4.69, 9.17) is 4.74 Å². The summed E-state index contributed by atoms with van der Waals surface area (Å²) in [4.78, 5) is 24.8. The van der Waals surface area contributed by atoms with Crippen LogP contribution in [0.25, 0.3) is 0 Å². The Bertz CT molecular complexity index is 1430. The predicted octanol–water partition coefficient (Wildman–Crippen LogP) is 10.6. The molecule has 0 spiro atoms. The monoisotopic (exact) mass is 594 g/mol. The maximum Gasteiger partial charge on any atom is 0.187 e. The molecule has 2 aliphatic carbocycles. The first-order chi connectivity index (χ1) is 20.6. The topological polar surface area (TPSA) is 43.4 Å². The zero-order valence-electron chi connectivity index (χ0n) is 29.0. The molecular weight excluding hydrogens is 540 g/mol. The second-order valence-electron chi connectivity index (χ2n) is 13.5. The summed E-state index contributed by atoms with van der Waals surface area (Å²) in [5.74, 6) is 0.356. The van der Waals surface area contributed by atoms with Crippen LogP contribution in [0.3, 0.4) is 0 Å². The van der Waals surface area contributed by atoms with E-state index in [0.29, 0.717) is 12.8 Å². The second kappa shape index (κ2) is 16.5. The highest BCUT2D eigenvalue weighted by Gasteiger charge is 2.37. The molecule has 1 atom stereocenters. The standard InChI is InChI=1S/C41H54O3/c1-29(18-14-20-31(3)22-24-35-33(5)37(42)26-27-40(35,7)8)16-12-13-17-30(2)19-15-21-32(4)23-25-36-34(6)39(43)38(44-11)28-41(36,9)10/h12-25,38H,26-28H2,1-11H3. The third-order valence-corrected chi connectivity index (χ3v) is 8.60. The first-order valence-corrected chi connectivity index (χ1v) is 15.7. The molecule has 3 nitrogen and oxygen atoms in total. The Labute approximate surface area is 267 Å². The first-order valence-electron chi connectivity index (χ1n) is 15.7. The Kier molecular flexibility index (Phi) is 13.7. The van der Waals surface area contributed by atoms with Crippen molar-refractivity contribution in [2.24, 2.45) is 10.8 Å². The molecule has 0 amide bonds. The quantitative estimate of drug-likeness (QED) is 0.224. The number of ketones is 2. The number of carbonyl (C=O) groups is 2. The maximum atomic E-state index is 12.6. The molecule has 236 valence electrons. The van der Waals surface area contributed by atoms with E-state index in [1.165, 1.54) is 0 Å². The van der Waals surface area contributed by atoms with Gasteiger partial charge in [-0.15, -0.1) is 0 Å². The zero-order valence-corrected chi connectivity index (χ0v) is 29.0. The van der Waals surface area contributed by atoms with Gasteiger partial charge >= 0.3 is 0 Å². The molecule has 3 heteroatoms. The average Bonchev–Trinajstić information content (AvgIpc) is 2.95. The summed E-state index contributed by atoms with van der Waals surface area (Å²) in [6.45, 7) is 20.9. The molecule has 1 unspecified atom stereocenters. The zero-order chi connectivity index (χ0) is 33.1. The maximum absolute atomic E-state index is 12.6. The van der Waals surface area contributed by atoms with Crippen molar-refractivity contribution in [3.05, 3.63) is 130 Å². The van der Waals surface area contributed by atoms with Crippen molar-refractivity contribution in [1.29, 1.82) is 0 Å². The Hall–Kier alpha value is -3.56. The first kappa shape index (κ1) is 36.6. The van der Waals surface area contributed by atoms with E-state index in [-0.39, 0.29) is 28.5 Å². The van der Waals surface area contributed by atoms with Gasteiger partial charge in [0.25, 0.3) is 0 Å². The molecule has 0 aromatic rings. The molecule has 0 radical (unpaired) electrons. The van der Waals surface area contributed by atoms with Crippen LogP contribution in [0, 0.1) is 10.8 Å². The van der Waals surface area contributed by atoms with Crippen LogP contribution in [0.4, 0.5) is 0 Å². The molecule has 0 saturated heterocycles. The number of allylic oxidation sites excluding steroid dienone is 21. The van der Waals surface area contributed by atoms with E-state index in [1.807, 2.05) is 26.0 Å². The van der Waals surface area contributed by atoms with Crippen molar-refractivity contribution >= 4 is 11.6 Å². The van der Waals surface area contributed by atoms with E-state index in [0.717, 1.165) is 51.0 Å². The lowest BCUT2D eigenvalue weighted by atomic mass is 9.71. The van der Waals surface area contributed by atoms with Gasteiger partial charge in [-0.25, -0.2) is 0 Å². The number of hydrogen-bond acceptors (Lipinski definition) is 3. The van der Waals surface area contributed by atoms with Crippen LogP contribution >= 0.6 is 0 Å². The summed E-state index contributed by atoms with van der Waals surface area (Å²) in [5.41, 5.74) is 8.43. The fourth-order valence-electron chi connectivity index (χ4n) is 5.62. The molecule has 2 rings (SSSR count). The van der Waals surface area contributed by atoms with Gasteiger partial charge in [-0.3, -0.25) is 9.59 Å². The largest absolute Gasteiger partial charge is 0.373 e. The van der Waals surface area contributed by atoms with Crippen LogP contribution in [0.1, 0.15) is 88.5 Å². The molecule has 0 bridgehead atoms. The van der Waals surface area contributed by atoms with Crippen LogP contribution in [0.15, 0.2) is 130 Å². The number of Topliss-reactive ketones (excluding diaryl/α,β-unsaturated/α-hetero) is 2. The second-order valence-corrected chi connectivity index (χ2v) is 13.5. The molecule has 0 aliphatic heterocycles. The Morgan fingerprint density at radius 2 is 1.09 bits per heavy atom. The highest BCUT2D eigenvalue weighted by atomic mass is 16.5. The number of rotatable bonds is 11. The minimum absolute atomic E-state index is 0.0360. The van der Waals surface area contributed by atoms with Gasteiger partial charge in [0.2, 0.25) is 0 Å². The van der Waals surface area contributed by atoms with Crippen molar-refractivity contribution < 1.29 is 14.3 Å². The van der Waals surface area contributed by atoms with Crippen LogP contribution in [0.2, 0.25) is 0 Å². The SMILES string of the molecule is COC1CC(C)(C)C(C=CC(C)=CC=CC(C)=CC=CC=C(C)C=CC=C(C)C=CC2=C(C)C(=O)CCC2(C)C)=C(C)C1=O. The van der Waals surface area contributed by atoms with E-state index < -0.39 is 0 Å². The number of methoxy groups -OCH3 is 1. The molecule has 0 heterocycles. The van der Waals surface area contributed by atoms with Gasteiger partial charge in [-0.1, -0.05) is 135 Å². The third-order valence-electron chi connectivity index (χ3n) is 8.60. The number of hydrogen-bond donors (Lipinski definition) is 0. The fourth-order valence-corrected chi connectivity index (χ4v) is 5.62. The summed E-state index contributed by atoms with van der Waals surface area (Å²) < 4.78 is 5.41. The third kappa shape index (κ3) is 10.9. The minimum Gasteiger partial charge on any atom is -0.373 e. The lowest BCUT2D eigenvalue weighted by Gasteiger charge is -2.36. The average molecular weight is 595 g/mol. The van der Waals surface area contributed by atoms with Gasteiger partial charge in [0.1, 0.15) is 6.10 Å². The fraction of sp³-hybridized carbons (Fsp3) is 0.415. The summed E-state index contributed by atoms with van der Waals surface area (Å²) in [6.07, 6.45) is 31.0. The van der Waals surface area contributed by atoms with Crippen molar-refractivity contribution in [1.82, 2.24) is 0 Å². The van der Waals surface area contributed by atoms with E-state index in [2.05, 4.69) is 128 Å². The molecular formula is C41H54O3. The number of ether oxygens (including phenoxy) is 1. The van der Waals surface area contributed by atoms with Crippen molar-refractivity contribution in [3.8, 4) is 0 Å². The summed E-state index contributed by atoms with van der Waals surface area (Å²) in [5, 5.41) is 0. The van der Waals surface area contributed by atoms with Gasteiger partial charge in [0, 0.05) is 13.5 Å². The lowest BCUT2D eigenvalue weighted by molar-refractivity contribution is -0.127. The Morgan fingerprint density at radius 1 is 0.659 bits per heavy atom. The van der Waals surface area contributed by atoms with Gasteiger partial charge in [0.05, 0.1) is 0 Å². The predicted molar refractivity (Wildman–Crippen MR) is 188 cm³/mol. The van der Waals surface area contributed by atoms with E-state index in [1.54, 1.807) is 7.11 Å².